The Balaban J connectivity index is 1.68. The van der Waals surface area contributed by atoms with Crippen LogP contribution in [-0.2, 0) is 0 Å². The van der Waals surface area contributed by atoms with Gasteiger partial charge in [0.15, 0.2) is 5.76 Å². The highest BCUT2D eigenvalue weighted by molar-refractivity contribution is 6.10. The lowest BCUT2D eigenvalue weighted by Gasteiger charge is -2.04. The van der Waals surface area contributed by atoms with Crippen molar-refractivity contribution in [3.05, 3.63) is 95.2 Å². The summed E-state index contributed by atoms with van der Waals surface area (Å²) in [7, 11) is 0. The molecule has 25 heavy (non-hydrogen) atoms. The maximum absolute atomic E-state index is 12.8. The normalized spacial score (nSPS) is 11.0. The molecule has 122 valence electrons. The van der Waals surface area contributed by atoms with Gasteiger partial charge < -0.3 is 4.42 Å². The van der Waals surface area contributed by atoms with Gasteiger partial charge in [0.2, 0.25) is 5.78 Å². The van der Waals surface area contributed by atoms with Gasteiger partial charge in [-0.05, 0) is 31.0 Å². The number of rotatable bonds is 3. The zero-order valence-electron chi connectivity index (χ0n) is 14.2. The summed E-state index contributed by atoms with van der Waals surface area (Å²) >= 11 is 0. The first-order valence-electron chi connectivity index (χ1n) is 8.33. The topological polar surface area (TPSA) is 30.2 Å². The van der Waals surface area contributed by atoms with Crippen LogP contribution >= 0.6 is 0 Å². The van der Waals surface area contributed by atoms with Crippen molar-refractivity contribution in [3.8, 4) is 11.1 Å². The summed E-state index contributed by atoms with van der Waals surface area (Å²) in [5.74, 6) is 0.341. The van der Waals surface area contributed by atoms with Crippen molar-refractivity contribution in [2.75, 3.05) is 0 Å². The van der Waals surface area contributed by atoms with Gasteiger partial charge >= 0.3 is 0 Å². The fourth-order valence-corrected chi connectivity index (χ4v) is 3.08. The quantitative estimate of drug-likeness (QED) is 0.436. The number of carbonyl (C=O) groups excluding carboxylic acids is 1. The Morgan fingerprint density at radius 3 is 2.00 bits per heavy atom. The van der Waals surface area contributed by atoms with Crippen LogP contribution in [0.3, 0.4) is 0 Å². The van der Waals surface area contributed by atoms with Crippen LogP contribution < -0.4 is 0 Å². The first-order chi connectivity index (χ1) is 12.1. The predicted octanol–water partition coefficient (Wildman–Crippen LogP) is 5.95. The minimum absolute atomic E-state index is 0.0795. The number of furan rings is 1. The summed E-state index contributed by atoms with van der Waals surface area (Å²) in [4.78, 5) is 12.8. The second-order valence-corrected chi connectivity index (χ2v) is 6.32. The van der Waals surface area contributed by atoms with Gasteiger partial charge in [0.1, 0.15) is 5.58 Å². The SMILES string of the molecule is Cc1ccc(-c2ccc(C(=O)c3oc4ccccc4c3C)cc2)cc1. The van der Waals surface area contributed by atoms with Gasteiger partial charge in [-0.3, -0.25) is 4.79 Å². The van der Waals surface area contributed by atoms with Gasteiger partial charge in [0.05, 0.1) is 0 Å². The molecule has 0 amide bonds. The Hall–Kier alpha value is -3.13. The molecule has 1 heterocycles. The summed E-state index contributed by atoms with van der Waals surface area (Å²) in [5, 5.41) is 0.988. The van der Waals surface area contributed by atoms with Gasteiger partial charge in [-0.2, -0.15) is 0 Å². The van der Waals surface area contributed by atoms with E-state index in [9.17, 15) is 4.79 Å². The zero-order chi connectivity index (χ0) is 17.4. The Morgan fingerprint density at radius 1 is 0.760 bits per heavy atom. The molecule has 0 unspecified atom stereocenters. The van der Waals surface area contributed by atoms with Crippen LogP contribution in [0.5, 0.6) is 0 Å². The fourth-order valence-electron chi connectivity index (χ4n) is 3.08. The van der Waals surface area contributed by atoms with Gasteiger partial charge in [-0.1, -0.05) is 72.3 Å². The summed E-state index contributed by atoms with van der Waals surface area (Å²) < 4.78 is 5.79. The summed E-state index contributed by atoms with van der Waals surface area (Å²) in [6.45, 7) is 4.00. The Kier molecular flexibility index (Phi) is 3.73. The Morgan fingerprint density at radius 2 is 1.36 bits per heavy atom. The van der Waals surface area contributed by atoms with E-state index in [0.29, 0.717) is 11.3 Å². The van der Waals surface area contributed by atoms with Crippen LogP contribution in [0.1, 0.15) is 27.2 Å². The molecule has 0 bridgehead atoms. The van der Waals surface area contributed by atoms with Crippen molar-refractivity contribution in [1.82, 2.24) is 0 Å². The fraction of sp³-hybridized carbons (Fsp3) is 0.0870. The Labute approximate surface area is 146 Å². The summed E-state index contributed by atoms with van der Waals surface area (Å²) in [6, 6.07) is 23.8. The second-order valence-electron chi connectivity index (χ2n) is 6.32. The molecule has 3 aromatic carbocycles. The van der Waals surface area contributed by atoms with Crippen LogP contribution in [0, 0.1) is 13.8 Å². The molecule has 1 aromatic heterocycles. The van der Waals surface area contributed by atoms with Gasteiger partial charge in [0, 0.05) is 16.5 Å². The van der Waals surface area contributed by atoms with E-state index in [0.717, 1.165) is 27.7 Å². The molecule has 0 saturated heterocycles. The van der Waals surface area contributed by atoms with Crippen LogP contribution in [0.2, 0.25) is 0 Å². The molecule has 0 radical (unpaired) electrons. The average Bonchev–Trinajstić information content (AvgIpc) is 2.99. The smallest absolute Gasteiger partial charge is 0.228 e. The van der Waals surface area contributed by atoms with E-state index in [1.54, 1.807) is 0 Å². The maximum atomic E-state index is 12.8. The number of benzene rings is 3. The van der Waals surface area contributed by atoms with E-state index >= 15 is 0 Å². The molecule has 0 aliphatic rings. The van der Waals surface area contributed by atoms with Crippen molar-refractivity contribution in [3.63, 3.8) is 0 Å². The first kappa shape index (κ1) is 15.4. The third kappa shape index (κ3) is 2.76. The van der Waals surface area contributed by atoms with Gasteiger partial charge in [-0.15, -0.1) is 0 Å². The number of carbonyl (C=O) groups is 1. The third-order valence-electron chi connectivity index (χ3n) is 4.58. The first-order valence-corrected chi connectivity index (χ1v) is 8.33. The van der Waals surface area contributed by atoms with E-state index in [2.05, 4.69) is 31.2 Å². The molecular formula is C23H18O2. The number of ketones is 1. The maximum Gasteiger partial charge on any atom is 0.228 e. The molecule has 4 rings (SSSR count). The van der Waals surface area contributed by atoms with Crippen LogP contribution in [0.15, 0.2) is 77.2 Å². The average molecular weight is 326 g/mol. The standard InChI is InChI=1S/C23H18O2/c1-15-7-9-17(10-8-15)18-11-13-19(14-12-18)22(24)23-16(2)20-5-3-4-6-21(20)25-23/h3-14H,1-2H3. The van der Waals surface area contributed by atoms with Gasteiger partial charge in [0.25, 0.3) is 0 Å². The number of aryl methyl sites for hydroxylation is 2. The lowest BCUT2D eigenvalue weighted by molar-refractivity contribution is 0.101. The highest BCUT2D eigenvalue weighted by Gasteiger charge is 2.18. The molecule has 0 spiro atoms. The molecule has 2 nitrogen and oxygen atoms in total. The van der Waals surface area contributed by atoms with E-state index in [4.69, 9.17) is 4.42 Å². The van der Waals surface area contributed by atoms with Crippen molar-refractivity contribution >= 4 is 16.8 Å². The van der Waals surface area contributed by atoms with E-state index in [1.165, 1.54) is 5.56 Å². The lowest BCUT2D eigenvalue weighted by atomic mass is 10.00. The molecule has 0 fully saturated rings. The van der Waals surface area contributed by atoms with Crippen molar-refractivity contribution in [2.24, 2.45) is 0 Å². The highest BCUT2D eigenvalue weighted by Crippen LogP contribution is 2.27. The molecule has 0 aliphatic heterocycles. The van der Waals surface area contributed by atoms with E-state index in [1.807, 2.05) is 55.5 Å². The number of fused-ring (bicyclic) bond motifs is 1. The molecule has 2 heteroatoms. The van der Waals surface area contributed by atoms with Crippen molar-refractivity contribution < 1.29 is 9.21 Å². The summed E-state index contributed by atoms with van der Waals surface area (Å²) in [6.07, 6.45) is 0. The van der Waals surface area contributed by atoms with E-state index in [-0.39, 0.29) is 5.78 Å². The third-order valence-corrected chi connectivity index (χ3v) is 4.58. The molecule has 0 atom stereocenters. The number of hydrogen-bond acceptors (Lipinski definition) is 2. The van der Waals surface area contributed by atoms with E-state index < -0.39 is 0 Å². The minimum atomic E-state index is -0.0795. The molecule has 0 saturated carbocycles. The number of hydrogen-bond donors (Lipinski definition) is 0. The zero-order valence-corrected chi connectivity index (χ0v) is 14.2. The molecule has 0 N–H and O–H groups in total. The second kappa shape index (κ2) is 6.06. The van der Waals surface area contributed by atoms with Crippen LogP contribution in [0.4, 0.5) is 0 Å². The monoisotopic (exact) mass is 326 g/mol. The Bertz CT molecular complexity index is 1050. The number of para-hydroxylation sites is 1. The molecule has 4 aromatic rings. The highest BCUT2D eigenvalue weighted by atomic mass is 16.3. The molecule has 0 aliphatic carbocycles. The van der Waals surface area contributed by atoms with Gasteiger partial charge in [-0.25, -0.2) is 0 Å². The van der Waals surface area contributed by atoms with Crippen LogP contribution in [-0.4, -0.2) is 5.78 Å². The van der Waals surface area contributed by atoms with Crippen molar-refractivity contribution in [2.45, 2.75) is 13.8 Å². The lowest BCUT2D eigenvalue weighted by Crippen LogP contribution is -2.01. The minimum Gasteiger partial charge on any atom is -0.452 e. The predicted molar refractivity (Wildman–Crippen MR) is 101 cm³/mol. The van der Waals surface area contributed by atoms with Crippen LogP contribution in [0.25, 0.3) is 22.1 Å². The molecular weight excluding hydrogens is 308 g/mol. The van der Waals surface area contributed by atoms with Crippen molar-refractivity contribution in [1.29, 1.82) is 0 Å². The summed E-state index contributed by atoms with van der Waals surface area (Å²) in [5.41, 5.74) is 5.75. The largest absolute Gasteiger partial charge is 0.452 e.